The van der Waals surface area contributed by atoms with Crippen molar-refractivity contribution in [2.45, 2.75) is 20.4 Å². The molecule has 1 heterocycles. The summed E-state index contributed by atoms with van der Waals surface area (Å²) < 4.78 is 11.4. The van der Waals surface area contributed by atoms with Crippen LogP contribution in [0.4, 0.5) is 16.2 Å². The molecule has 0 saturated carbocycles. The normalized spacial score (nSPS) is 14.0. The van der Waals surface area contributed by atoms with E-state index >= 15 is 0 Å². The minimum atomic E-state index is -0.547. The molecule has 0 radical (unpaired) electrons. The van der Waals surface area contributed by atoms with E-state index in [4.69, 9.17) is 9.47 Å². The second-order valence-electron chi connectivity index (χ2n) is 8.50. The van der Waals surface area contributed by atoms with Gasteiger partial charge in [0.15, 0.2) is 18.1 Å². The lowest BCUT2D eigenvalue weighted by molar-refractivity contribution is -0.385. The van der Waals surface area contributed by atoms with E-state index in [0.29, 0.717) is 29.4 Å². The summed E-state index contributed by atoms with van der Waals surface area (Å²) in [5.74, 6) is -0.166. The van der Waals surface area contributed by atoms with E-state index in [1.165, 1.54) is 18.2 Å². The number of nitrogens with zero attached hydrogens (tertiary/aromatic N) is 2. The van der Waals surface area contributed by atoms with Crippen LogP contribution in [0.2, 0.25) is 0 Å². The molecule has 3 aromatic rings. The van der Waals surface area contributed by atoms with E-state index in [0.717, 1.165) is 22.2 Å². The minimum Gasteiger partial charge on any atom is -0.490 e. The number of nitro groups is 1. The zero-order valence-electron chi connectivity index (χ0n) is 21.2. The number of thioether (sulfide) groups is 1. The molecule has 1 N–H and O–H groups in total. The van der Waals surface area contributed by atoms with Crippen LogP contribution in [0.25, 0.3) is 6.08 Å². The van der Waals surface area contributed by atoms with Crippen molar-refractivity contribution in [3.8, 4) is 11.5 Å². The summed E-state index contributed by atoms with van der Waals surface area (Å²) in [5.41, 5.74) is 2.36. The van der Waals surface area contributed by atoms with Gasteiger partial charge in [-0.3, -0.25) is 29.4 Å². The van der Waals surface area contributed by atoms with Gasteiger partial charge in [-0.15, -0.1) is 0 Å². The topological polar surface area (TPSA) is 128 Å². The molecule has 1 aliphatic heterocycles. The molecular formula is C28H25N3O7S. The predicted octanol–water partition coefficient (Wildman–Crippen LogP) is 5.56. The first-order chi connectivity index (χ1) is 18.7. The Morgan fingerprint density at radius 1 is 1.05 bits per heavy atom. The lowest BCUT2D eigenvalue weighted by Crippen LogP contribution is -2.27. The van der Waals surface area contributed by atoms with E-state index in [1.807, 2.05) is 25.1 Å². The quantitative estimate of drug-likeness (QED) is 0.199. The number of carbonyl (C=O) groups excluding carboxylic acids is 3. The number of rotatable bonds is 10. The van der Waals surface area contributed by atoms with E-state index in [1.54, 1.807) is 43.3 Å². The Hall–Kier alpha value is -4.64. The van der Waals surface area contributed by atoms with Gasteiger partial charge < -0.3 is 14.8 Å². The number of carbonyl (C=O) groups is 3. The monoisotopic (exact) mass is 547 g/mol. The van der Waals surface area contributed by atoms with Crippen molar-refractivity contribution in [2.75, 3.05) is 18.5 Å². The van der Waals surface area contributed by atoms with Crippen molar-refractivity contribution < 1.29 is 28.8 Å². The van der Waals surface area contributed by atoms with E-state index < -0.39 is 16.1 Å². The molecule has 0 bridgehead atoms. The molecule has 0 spiro atoms. The van der Waals surface area contributed by atoms with Crippen LogP contribution in [0.15, 0.2) is 71.6 Å². The summed E-state index contributed by atoms with van der Waals surface area (Å²) in [6, 6.07) is 18.3. The maximum Gasteiger partial charge on any atom is 0.293 e. The molecule has 1 aliphatic rings. The van der Waals surface area contributed by atoms with Crippen LogP contribution in [-0.4, -0.2) is 40.1 Å². The Morgan fingerprint density at radius 3 is 2.59 bits per heavy atom. The van der Waals surface area contributed by atoms with Crippen molar-refractivity contribution in [1.29, 1.82) is 0 Å². The molecule has 0 aliphatic carbocycles. The number of hydrogen-bond acceptors (Lipinski definition) is 8. The van der Waals surface area contributed by atoms with Crippen molar-refractivity contribution in [2.24, 2.45) is 0 Å². The van der Waals surface area contributed by atoms with Crippen molar-refractivity contribution in [3.63, 3.8) is 0 Å². The molecule has 0 atom stereocenters. The van der Waals surface area contributed by atoms with Crippen molar-refractivity contribution in [3.05, 3.63) is 98.4 Å². The number of anilines is 1. The highest BCUT2D eigenvalue weighted by molar-refractivity contribution is 8.18. The molecule has 4 rings (SSSR count). The maximum absolute atomic E-state index is 13.0. The third-order valence-electron chi connectivity index (χ3n) is 5.62. The largest absolute Gasteiger partial charge is 0.490 e. The van der Waals surface area contributed by atoms with Gasteiger partial charge in [0.25, 0.3) is 22.7 Å². The summed E-state index contributed by atoms with van der Waals surface area (Å²) in [7, 11) is 0. The van der Waals surface area contributed by atoms with Crippen LogP contribution >= 0.6 is 11.8 Å². The maximum atomic E-state index is 13.0. The summed E-state index contributed by atoms with van der Waals surface area (Å²) in [6.45, 7) is 3.62. The Morgan fingerprint density at radius 2 is 1.85 bits per heavy atom. The third kappa shape index (κ3) is 6.82. The van der Waals surface area contributed by atoms with Crippen LogP contribution < -0.4 is 14.8 Å². The summed E-state index contributed by atoms with van der Waals surface area (Å²) in [4.78, 5) is 49.8. The average molecular weight is 548 g/mol. The lowest BCUT2D eigenvalue weighted by Gasteiger charge is -2.13. The first-order valence-electron chi connectivity index (χ1n) is 12.0. The second-order valence-corrected chi connectivity index (χ2v) is 9.49. The summed E-state index contributed by atoms with van der Waals surface area (Å²) >= 11 is 0.753. The number of para-hydroxylation sites is 1. The Balaban J connectivity index is 1.46. The fourth-order valence-corrected chi connectivity index (χ4v) is 4.68. The van der Waals surface area contributed by atoms with Gasteiger partial charge >= 0.3 is 0 Å². The minimum absolute atomic E-state index is 0.162. The fourth-order valence-electron chi connectivity index (χ4n) is 3.85. The Kier molecular flexibility index (Phi) is 8.62. The molecule has 1 fully saturated rings. The summed E-state index contributed by atoms with van der Waals surface area (Å²) in [6.07, 6.45) is 1.54. The van der Waals surface area contributed by atoms with Crippen LogP contribution in [0.1, 0.15) is 23.6 Å². The highest BCUT2D eigenvalue weighted by atomic mass is 32.2. The van der Waals surface area contributed by atoms with Gasteiger partial charge in [0.05, 0.1) is 23.0 Å². The molecule has 3 amide bonds. The van der Waals surface area contributed by atoms with Gasteiger partial charge in [-0.2, -0.15) is 0 Å². The molecular weight excluding hydrogens is 522 g/mol. The van der Waals surface area contributed by atoms with Gasteiger partial charge in [-0.25, -0.2) is 0 Å². The van der Waals surface area contributed by atoms with E-state index in [-0.39, 0.29) is 35.2 Å². The molecule has 1 saturated heterocycles. The average Bonchev–Trinajstić information content (AvgIpc) is 3.16. The first-order valence-corrected chi connectivity index (χ1v) is 12.8. The summed E-state index contributed by atoms with van der Waals surface area (Å²) in [5, 5.41) is 13.6. The van der Waals surface area contributed by atoms with Gasteiger partial charge in [-0.05, 0) is 67.1 Å². The number of imide groups is 1. The zero-order valence-corrected chi connectivity index (χ0v) is 22.0. The Bertz CT molecular complexity index is 1470. The molecule has 11 heteroatoms. The number of hydrogen-bond donors (Lipinski definition) is 1. The number of nitro benzene ring substituents is 1. The van der Waals surface area contributed by atoms with Gasteiger partial charge in [-0.1, -0.05) is 36.4 Å². The van der Waals surface area contributed by atoms with Crippen molar-refractivity contribution >= 4 is 46.3 Å². The van der Waals surface area contributed by atoms with Crippen LogP contribution in [0.5, 0.6) is 11.5 Å². The van der Waals surface area contributed by atoms with E-state index in [9.17, 15) is 24.5 Å². The standard InChI is InChI=1S/C28H25N3O7S/c1-3-37-24-14-19(11-12-23(24)38-17-26(32)29-21-9-6-7-18(2)13-21)15-25-27(33)30(28(34)39-25)16-20-8-4-5-10-22(20)31(35)36/h4-15H,3,16-17H2,1-2H3,(H,29,32)/b25-15+. The Labute approximate surface area is 228 Å². The fraction of sp³-hybridized carbons (Fsp3) is 0.179. The van der Waals surface area contributed by atoms with Crippen LogP contribution in [-0.2, 0) is 16.1 Å². The SMILES string of the molecule is CCOc1cc(/C=C2/SC(=O)N(Cc3ccccc3[N+](=O)[O-])C2=O)ccc1OCC(=O)Nc1cccc(C)c1. The lowest BCUT2D eigenvalue weighted by atomic mass is 10.1. The predicted molar refractivity (Wildman–Crippen MR) is 148 cm³/mol. The van der Waals surface area contributed by atoms with Crippen molar-refractivity contribution in [1.82, 2.24) is 4.90 Å². The number of ether oxygens (including phenoxy) is 2. The zero-order chi connectivity index (χ0) is 27.9. The molecule has 0 unspecified atom stereocenters. The number of nitrogens with one attached hydrogen (secondary N) is 1. The second kappa shape index (κ2) is 12.3. The number of amides is 3. The van der Waals surface area contributed by atoms with E-state index in [2.05, 4.69) is 5.32 Å². The smallest absolute Gasteiger partial charge is 0.293 e. The molecule has 0 aromatic heterocycles. The first kappa shape index (κ1) is 27.4. The number of aryl methyl sites for hydroxylation is 1. The van der Waals surface area contributed by atoms with Crippen LogP contribution in [0.3, 0.4) is 0 Å². The highest BCUT2D eigenvalue weighted by Crippen LogP contribution is 2.36. The molecule has 3 aromatic carbocycles. The molecule has 200 valence electrons. The number of benzene rings is 3. The van der Waals surface area contributed by atoms with Gasteiger partial charge in [0, 0.05) is 17.3 Å². The highest BCUT2D eigenvalue weighted by Gasteiger charge is 2.36. The van der Waals surface area contributed by atoms with Gasteiger partial charge in [0.1, 0.15) is 0 Å². The van der Waals surface area contributed by atoms with Crippen LogP contribution in [0, 0.1) is 17.0 Å². The third-order valence-corrected chi connectivity index (χ3v) is 6.52. The van der Waals surface area contributed by atoms with Gasteiger partial charge in [0.2, 0.25) is 0 Å². The molecule has 39 heavy (non-hydrogen) atoms. The molecule has 10 nitrogen and oxygen atoms in total.